The molecule has 23 heavy (non-hydrogen) atoms. The molecule has 1 aromatic carbocycles. The summed E-state index contributed by atoms with van der Waals surface area (Å²) in [6.45, 7) is 1.47. The van der Waals surface area contributed by atoms with Gasteiger partial charge in [-0.1, -0.05) is 6.07 Å². The van der Waals surface area contributed by atoms with E-state index in [1.807, 2.05) is 6.07 Å². The number of amides is 2. The molecule has 1 aliphatic rings. The van der Waals surface area contributed by atoms with E-state index in [4.69, 9.17) is 0 Å². The van der Waals surface area contributed by atoms with Crippen LogP contribution < -0.4 is 4.90 Å². The van der Waals surface area contributed by atoms with Crippen molar-refractivity contribution in [3.63, 3.8) is 0 Å². The van der Waals surface area contributed by atoms with Gasteiger partial charge in [-0.05, 0) is 48.9 Å². The summed E-state index contributed by atoms with van der Waals surface area (Å²) in [4.78, 5) is 41.1. The van der Waals surface area contributed by atoms with Crippen molar-refractivity contribution in [2.75, 3.05) is 4.90 Å². The molecule has 5 heteroatoms. The standard InChI is InChI=1S/C18H14N2O3/c1-12(21)14-4-6-16(7-5-14)20-17(22)10-15(18(20)23)9-13-3-2-8-19-11-13/h2-9,11H,10H2,1H3/b15-9-. The van der Waals surface area contributed by atoms with Crippen molar-refractivity contribution in [3.8, 4) is 0 Å². The van der Waals surface area contributed by atoms with E-state index in [0.717, 1.165) is 10.5 Å². The normalized spacial score (nSPS) is 16.2. The molecule has 0 aliphatic carbocycles. The van der Waals surface area contributed by atoms with Crippen LogP contribution in [0.2, 0.25) is 0 Å². The van der Waals surface area contributed by atoms with Gasteiger partial charge < -0.3 is 0 Å². The van der Waals surface area contributed by atoms with Crippen LogP contribution in [0, 0.1) is 0 Å². The molecular weight excluding hydrogens is 292 g/mol. The molecule has 0 spiro atoms. The van der Waals surface area contributed by atoms with Crippen LogP contribution in [0.3, 0.4) is 0 Å². The topological polar surface area (TPSA) is 67.3 Å². The second kappa shape index (κ2) is 5.96. The number of hydrogen-bond acceptors (Lipinski definition) is 4. The minimum atomic E-state index is -0.338. The Kier molecular flexibility index (Phi) is 3.85. The van der Waals surface area contributed by atoms with Gasteiger partial charge in [-0.2, -0.15) is 0 Å². The van der Waals surface area contributed by atoms with E-state index in [1.165, 1.54) is 6.92 Å². The molecule has 0 N–H and O–H groups in total. The molecule has 0 radical (unpaired) electrons. The van der Waals surface area contributed by atoms with E-state index in [2.05, 4.69) is 4.98 Å². The number of carbonyl (C=O) groups is 3. The van der Waals surface area contributed by atoms with Gasteiger partial charge in [0.15, 0.2) is 5.78 Å². The summed E-state index contributed by atoms with van der Waals surface area (Å²) < 4.78 is 0. The first-order chi connectivity index (χ1) is 11.1. The lowest BCUT2D eigenvalue weighted by Gasteiger charge is -2.13. The number of imide groups is 1. The highest BCUT2D eigenvalue weighted by Gasteiger charge is 2.34. The van der Waals surface area contributed by atoms with Crippen LogP contribution in [0.5, 0.6) is 0 Å². The summed E-state index contributed by atoms with van der Waals surface area (Å²) in [5, 5.41) is 0. The Morgan fingerprint density at radius 3 is 2.52 bits per heavy atom. The van der Waals surface area contributed by atoms with E-state index < -0.39 is 0 Å². The van der Waals surface area contributed by atoms with Crippen molar-refractivity contribution in [2.24, 2.45) is 0 Å². The molecule has 1 aliphatic heterocycles. The van der Waals surface area contributed by atoms with E-state index >= 15 is 0 Å². The molecular formula is C18H14N2O3. The van der Waals surface area contributed by atoms with E-state index in [0.29, 0.717) is 16.8 Å². The SMILES string of the molecule is CC(=O)c1ccc(N2C(=O)C/C(=C/c3cccnc3)C2=O)cc1. The highest BCUT2D eigenvalue weighted by molar-refractivity contribution is 6.29. The summed E-state index contributed by atoms with van der Waals surface area (Å²) in [7, 11) is 0. The van der Waals surface area contributed by atoms with Gasteiger partial charge in [-0.25, -0.2) is 4.90 Å². The highest BCUT2D eigenvalue weighted by atomic mass is 16.2. The van der Waals surface area contributed by atoms with Crippen LogP contribution in [0.25, 0.3) is 6.08 Å². The van der Waals surface area contributed by atoms with Crippen LogP contribution in [-0.2, 0) is 9.59 Å². The van der Waals surface area contributed by atoms with Crippen molar-refractivity contribution in [1.82, 2.24) is 4.98 Å². The van der Waals surface area contributed by atoms with Gasteiger partial charge in [0.05, 0.1) is 12.1 Å². The zero-order chi connectivity index (χ0) is 16.4. The van der Waals surface area contributed by atoms with Crippen molar-refractivity contribution in [3.05, 3.63) is 65.5 Å². The van der Waals surface area contributed by atoms with Crippen LogP contribution in [0.1, 0.15) is 29.3 Å². The average molecular weight is 306 g/mol. The Morgan fingerprint density at radius 2 is 1.91 bits per heavy atom. The summed E-state index contributed by atoms with van der Waals surface area (Å²) in [5.41, 5.74) is 2.22. The molecule has 114 valence electrons. The zero-order valence-corrected chi connectivity index (χ0v) is 12.5. The first-order valence-electron chi connectivity index (χ1n) is 7.15. The highest BCUT2D eigenvalue weighted by Crippen LogP contribution is 2.27. The Balaban J connectivity index is 1.90. The third kappa shape index (κ3) is 2.94. The van der Waals surface area contributed by atoms with Crippen LogP contribution in [-0.4, -0.2) is 22.6 Å². The number of carbonyl (C=O) groups excluding carboxylic acids is 3. The molecule has 3 rings (SSSR count). The molecule has 1 aromatic heterocycles. The number of nitrogens with zero attached hydrogens (tertiary/aromatic N) is 2. The van der Waals surface area contributed by atoms with Crippen LogP contribution in [0.4, 0.5) is 5.69 Å². The minimum Gasteiger partial charge on any atom is -0.295 e. The second-order valence-electron chi connectivity index (χ2n) is 5.27. The number of rotatable bonds is 3. The fraction of sp³-hybridized carbons (Fsp3) is 0.111. The zero-order valence-electron chi connectivity index (χ0n) is 12.5. The first-order valence-corrected chi connectivity index (χ1v) is 7.15. The molecule has 0 atom stereocenters. The summed E-state index contributed by atoms with van der Waals surface area (Å²) in [6.07, 6.45) is 5.01. The predicted molar refractivity (Wildman–Crippen MR) is 85.8 cm³/mol. The van der Waals surface area contributed by atoms with Gasteiger partial charge in [-0.3, -0.25) is 19.4 Å². The summed E-state index contributed by atoms with van der Waals surface area (Å²) >= 11 is 0. The number of Topliss-reactive ketones (excluding diaryl/α,β-unsaturated/α-hetero) is 1. The quantitative estimate of drug-likeness (QED) is 0.496. The maximum atomic E-state index is 12.5. The van der Waals surface area contributed by atoms with Gasteiger partial charge in [0, 0.05) is 23.5 Å². The molecule has 2 aromatic rings. The number of anilines is 1. The number of benzene rings is 1. The Labute approximate surface area is 133 Å². The van der Waals surface area contributed by atoms with Crippen LogP contribution >= 0.6 is 0 Å². The van der Waals surface area contributed by atoms with Crippen molar-refractivity contribution in [2.45, 2.75) is 13.3 Å². The van der Waals surface area contributed by atoms with Crippen molar-refractivity contribution < 1.29 is 14.4 Å². The monoisotopic (exact) mass is 306 g/mol. The number of aromatic nitrogens is 1. The van der Waals surface area contributed by atoms with Gasteiger partial charge >= 0.3 is 0 Å². The smallest absolute Gasteiger partial charge is 0.261 e. The molecule has 0 bridgehead atoms. The van der Waals surface area contributed by atoms with Crippen molar-refractivity contribution >= 4 is 29.4 Å². The lowest BCUT2D eigenvalue weighted by molar-refractivity contribution is -0.120. The molecule has 1 saturated heterocycles. The van der Waals surface area contributed by atoms with E-state index in [1.54, 1.807) is 48.8 Å². The Bertz CT molecular complexity index is 808. The number of hydrogen-bond donors (Lipinski definition) is 0. The minimum absolute atomic E-state index is 0.0577. The summed E-state index contributed by atoms with van der Waals surface area (Å²) in [5.74, 6) is -0.678. The van der Waals surface area contributed by atoms with Gasteiger partial charge in [0.25, 0.3) is 5.91 Å². The lowest BCUT2D eigenvalue weighted by Crippen LogP contribution is -2.28. The van der Waals surface area contributed by atoms with Gasteiger partial charge in [-0.15, -0.1) is 0 Å². The van der Waals surface area contributed by atoms with E-state index in [9.17, 15) is 14.4 Å². The third-order valence-electron chi connectivity index (χ3n) is 3.63. The molecule has 1 fully saturated rings. The van der Waals surface area contributed by atoms with E-state index in [-0.39, 0.29) is 24.0 Å². The number of pyridine rings is 1. The largest absolute Gasteiger partial charge is 0.295 e. The first kappa shape index (κ1) is 14.8. The molecule has 2 heterocycles. The average Bonchev–Trinajstić information content (AvgIpc) is 2.82. The molecule has 0 saturated carbocycles. The van der Waals surface area contributed by atoms with Crippen LogP contribution in [0.15, 0.2) is 54.4 Å². The third-order valence-corrected chi connectivity index (χ3v) is 3.63. The fourth-order valence-electron chi connectivity index (χ4n) is 2.46. The predicted octanol–water partition coefficient (Wildman–Crippen LogP) is 2.63. The maximum absolute atomic E-state index is 12.5. The fourth-order valence-corrected chi connectivity index (χ4v) is 2.46. The Morgan fingerprint density at radius 1 is 1.17 bits per heavy atom. The Hall–Kier alpha value is -3.08. The van der Waals surface area contributed by atoms with Crippen molar-refractivity contribution in [1.29, 1.82) is 0 Å². The molecule has 0 unspecified atom stereocenters. The maximum Gasteiger partial charge on any atom is 0.261 e. The second-order valence-corrected chi connectivity index (χ2v) is 5.27. The number of ketones is 1. The lowest BCUT2D eigenvalue weighted by atomic mass is 10.1. The molecule has 5 nitrogen and oxygen atoms in total. The van der Waals surface area contributed by atoms with Gasteiger partial charge in [0.1, 0.15) is 0 Å². The molecule has 2 amide bonds. The summed E-state index contributed by atoms with van der Waals surface area (Å²) in [6, 6.07) is 10.0. The van der Waals surface area contributed by atoms with Gasteiger partial charge in [0.2, 0.25) is 5.91 Å².